The normalized spacial score (nSPS) is 11.1. The molecule has 0 aliphatic rings. The molecule has 0 aromatic rings. The molecule has 0 bridgehead atoms. The molecule has 0 fully saturated rings. The van der Waals surface area contributed by atoms with Gasteiger partial charge in [0.1, 0.15) is 0 Å². The number of nitrogens with one attached hydrogen (secondary N) is 2. The summed E-state index contributed by atoms with van der Waals surface area (Å²) in [4.78, 5) is 35.7. The Morgan fingerprint density at radius 3 is 2.14 bits per heavy atom. The minimum Gasteiger partial charge on any atom is -0.481 e. The van der Waals surface area contributed by atoms with E-state index in [1.54, 1.807) is 0 Å². The third kappa shape index (κ3) is 8.88. The molecule has 0 atom stereocenters. The smallest absolute Gasteiger partial charge is 0.317 e. The van der Waals surface area contributed by atoms with Crippen LogP contribution in [0.3, 0.4) is 0 Å². The van der Waals surface area contributed by atoms with E-state index in [0.717, 1.165) is 0 Å². The molecule has 0 radical (unpaired) electrons. The van der Waals surface area contributed by atoms with Crippen LogP contribution in [0.1, 0.15) is 47.5 Å². The van der Waals surface area contributed by atoms with E-state index in [0.29, 0.717) is 0 Å². The van der Waals surface area contributed by atoms with Crippen molar-refractivity contribution in [2.45, 2.75) is 59.0 Å². The molecule has 0 heterocycles. The van der Waals surface area contributed by atoms with E-state index in [9.17, 15) is 14.4 Å². The maximum Gasteiger partial charge on any atom is 0.317 e. The number of urea groups is 1. The van der Waals surface area contributed by atoms with Crippen LogP contribution in [0.2, 0.25) is 0 Å². The summed E-state index contributed by atoms with van der Waals surface area (Å²) in [7, 11) is 0. The minimum atomic E-state index is -0.951. The molecule has 0 saturated heterocycles. The summed E-state index contributed by atoms with van der Waals surface area (Å²) in [6, 6.07) is -0.295. The molecule has 0 aromatic carbocycles. The van der Waals surface area contributed by atoms with Gasteiger partial charge in [-0.15, -0.1) is 0 Å². The number of aliphatic carboxylic acids is 1. The lowest BCUT2D eigenvalue weighted by atomic mass is 10.1. The van der Waals surface area contributed by atoms with Gasteiger partial charge in [-0.1, -0.05) is 0 Å². The lowest BCUT2D eigenvalue weighted by molar-refractivity contribution is -0.137. The SMILES string of the molecule is CC(C)NC(=O)CCNC(=O)N(CCC(=O)O)C(C)(C)C. The fourth-order valence-electron chi connectivity index (χ4n) is 1.72. The fraction of sp³-hybridized carbons (Fsp3) is 0.786. The van der Waals surface area contributed by atoms with Crippen LogP contribution in [0.5, 0.6) is 0 Å². The van der Waals surface area contributed by atoms with Crippen LogP contribution in [0.15, 0.2) is 0 Å². The first kappa shape index (κ1) is 19.2. The lowest BCUT2D eigenvalue weighted by Crippen LogP contribution is -2.51. The van der Waals surface area contributed by atoms with E-state index in [4.69, 9.17) is 5.11 Å². The number of hydrogen-bond acceptors (Lipinski definition) is 3. The van der Waals surface area contributed by atoms with Gasteiger partial charge in [-0.05, 0) is 34.6 Å². The number of rotatable bonds is 7. The second-order valence-corrected chi connectivity index (χ2v) is 6.17. The summed E-state index contributed by atoms with van der Waals surface area (Å²) in [5.74, 6) is -1.08. The largest absolute Gasteiger partial charge is 0.481 e. The molecular weight excluding hydrogens is 274 g/mol. The van der Waals surface area contributed by atoms with E-state index in [-0.39, 0.29) is 43.9 Å². The highest BCUT2D eigenvalue weighted by molar-refractivity contribution is 5.79. The predicted octanol–water partition coefficient (Wildman–Crippen LogP) is 1.19. The number of hydrogen-bond donors (Lipinski definition) is 3. The average Bonchev–Trinajstić information content (AvgIpc) is 2.25. The Hall–Kier alpha value is -1.79. The Labute approximate surface area is 126 Å². The van der Waals surface area contributed by atoms with Crippen molar-refractivity contribution in [3.05, 3.63) is 0 Å². The van der Waals surface area contributed by atoms with Crippen LogP contribution < -0.4 is 10.6 Å². The first-order chi connectivity index (χ1) is 9.54. The minimum absolute atomic E-state index is 0.0647. The molecule has 0 aliphatic carbocycles. The topological polar surface area (TPSA) is 98.7 Å². The van der Waals surface area contributed by atoms with E-state index in [2.05, 4.69) is 10.6 Å². The third-order valence-electron chi connectivity index (χ3n) is 2.68. The van der Waals surface area contributed by atoms with Gasteiger partial charge in [-0.3, -0.25) is 9.59 Å². The first-order valence-corrected chi connectivity index (χ1v) is 7.10. The van der Waals surface area contributed by atoms with Crippen LogP contribution in [0.4, 0.5) is 4.79 Å². The molecular formula is C14H27N3O4. The maximum absolute atomic E-state index is 12.1. The average molecular weight is 301 g/mol. The van der Waals surface area contributed by atoms with Crippen LogP contribution in [-0.4, -0.2) is 52.6 Å². The molecule has 0 rings (SSSR count). The number of carbonyl (C=O) groups is 3. The van der Waals surface area contributed by atoms with Gasteiger partial charge >= 0.3 is 12.0 Å². The van der Waals surface area contributed by atoms with E-state index >= 15 is 0 Å². The zero-order chi connectivity index (χ0) is 16.6. The summed E-state index contributed by atoms with van der Waals surface area (Å²) >= 11 is 0. The number of carboxylic acids is 1. The van der Waals surface area contributed by atoms with Crippen molar-refractivity contribution in [3.8, 4) is 0 Å². The molecule has 0 saturated carbocycles. The Bertz CT molecular complexity index is 375. The second-order valence-electron chi connectivity index (χ2n) is 6.17. The van der Waals surface area contributed by atoms with Gasteiger partial charge in [-0.25, -0.2) is 4.79 Å². The van der Waals surface area contributed by atoms with E-state index in [1.807, 2.05) is 34.6 Å². The number of amides is 3. The molecule has 7 heteroatoms. The molecule has 122 valence electrons. The highest BCUT2D eigenvalue weighted by atomic mass is 16.4. The van der Waals surface area contributed by atoms with E-state index in [1.165, 1.54) is 4.90 Å². The van der Waals surface area contributed by atoms with Crippen molar-refractivity contribution in [2.75, 3.05) is 13.1 Å². The van der Waals surface area contributed by atoms with Crippen LogP contribution in [-0.2, 0) is 9.59 Å². The van der Waals surface area contributed by atoms with Gasteiger partial charge in [0.2, 0.25) is 5.91 Å². The first-order valence-electron chi connectivity index (χ1n) is 7.10. The summed E-state index contributed by atoms with van der Waals surface area (Å²) in [5, 5.41) is 14.1. The Kier molecular flexibility index (Phi) is 7.76. The van der Waals surface area contributed by atoms with Crippen molar-refractivity contribution in [3.63, 3.8) is 0 Å². The molecule has 21 heavy (non-hydrogen) atoms. The maximum atomic E-state index is 12.1. The molecule has 0 spiro atoms. The lowest BCUT2D eigenvalue weighted by Gasteiger charge is -2.35. The van der Waals surface area contributed by atoms with Gasteiger partial charge in [0.25, 0.3) is 0 Å². The predicted molar refractivity (Wildman–Crippen MR) is 80.0 cm³/mol. The third-order valence-corrected chi connectivity index (χ3v) is 2.68. The van der Waals surface area contributed by atoms with Crippen molar-refractivity contribution in [2.24, 2.45) is 0 Å². The Balaban J connectivity index is 4.35. The Morgan fingerprint density at radius 1 is 1.14 bits per heavy atom. The van der Waals surface area contributed by atoms with Gasteiger partial charge < -0.3 is 20.6 Å². The number of carboxylic acid groups (broad SMARTS) is 1. The van der Waals surface area contributed by atoms with Gasteiger partial charge in [0.05, 0.1) is 6.42 Å². The number of nitrogens with zero attached hydrogens (tertiary/aromatic N) is 1. The second kappa shape index (κ2) is 8.49. The Morgan fingerprint density at radius 2 is 1.71 bits per heavy atom. The quantitative estimate of drug-likeness (QED) is 0.657. The van der Waals surface area contributed by atoms with Crippen LogP contribution in [0, 0.1) is 0 Å². The zero-order valence-corrected chi connectivity index (χ0v) is 13.5. The molecule has 0 unspecified atom stereocenters. The summed E-state index contributed by atoms with van der Waals surface area (Å²) < 4.78 is 0. The van der Waals surface area contributed by atoms with Crippen LogP contribution in [0.25, 0.3) is 0 Å². The molecule has 3 N–H and O–H groups in total. The van der Waals surface area contributed by atoms with Crippen molar-refractivity contribution in [1.82, 2.24) is 15.5 Å². The van der Waals surface area contributed by atoms with Crippen molar-refractivity contribution >= 4 is 17.9 Å². The van der Waals surface area contributed by atoms with Crippen molar-refractivity contribution < 1.29 is 19.5 Å². The zero-order valence-electron chi connectivity index (χ0n) is 13.5. The van der Waals surface area contributed by atoms with Crippen molar-refractivity contribution in [1.29, 1.82) is 0 Å². The molecule has 3 amide bonds. The van der Waals surface area contributed by atoms with Gasteiger partial charge in [0, 0.05) is 31.1 Å². The standard InChI is InChI=1S/C14H27N3O4/c1-10(2)16-11(18)6-8-15-13(21)17(14(3,4)5)9-7-12(19)20/h10H,6-9H2,1-5H3,(H,15,21)(H,16,18)(H,19,20). The monoisotopic (exact) mass is 301 g/mol. The summed E-state index contributed by atoms with van der Waals surface area (Å²) in [5.41, 5.74) is -0.486. The molecule has 7 nitrogen and oxygen atoms in total. The van der Waals surface area contributed by atoms with Gasteiger partial charge in [-0.2, -0.15) is 0 Å². The highest BCUT2D eigenvalue weighted by Gasteiger charge is 2.26. The summed E-state index contributed by atoms with van der Waals surface area (Å²) in [6.07, 6.45) is 0.0827. The fourth-order valence-corrected chi connectivity index (χ4v) is 1.72. The van der Waals surface area contributed by atoms with Gasteiger partial charge in [0.15, 0.2) is 0 Å². The molecule has 0 aromatic heterocycles. The number of carbonyl (C=O) groups excluding carboxylic acids is 2. The highest BCUT2D eigenvalue weighted by Crippen LogP contribution is 2.13. The van der Waals surface area contributed by atoms with Crippen LogP contribution >= 0.6 is 0 Å². The molecule has 0 aliphatic heterocycles. The van der Waals surface area contributed by atoms with E-state index < -0.39 is 11.5 Å². The summed E-state index contributed by atoms with van der Waals surface area (Å²) in [6.45, 7) is 9.58.